The van der Waals surface area contributed by atoms with Crippen LogP contribution >= 0.6 is 0 Å². The molecule has 0 fully saturated rings. The number of rotatable bonds is 4. The van der Waals surface area contributed by atoms with Gasteiger partial charge < -0.3 is 10.4 Å². The fraction of sp³-hybridized carbons (Fsp3) is 0.133. The molecule has 6 heteroatoms. The van der Waals surface area contributed by atoms with Gasteiger partial charge in [0.1, 0.15) is 11.3 Å². The molecule has 6 nitrogen and oxygen atoms in total. The number of amides is 1. The zero-order valence-electron chi connectivity index (χ0n) is 11.4. The molecule has 0 aromatic heterocycles. The van der Waals surface area contributed by atoms with Crippen LogP contribution in [0.4, 0.5) is 5.69 Å². The SMILES string of the molecule is Cc1cccc(C(=O)NCc2ccc(O)cc2)c1[N+](=O)[O-]. The summed E-state index contributed by atoms with van der Waals surface area (Å²) in [6.45, 7) is 1.82. The van der Waals surface area contributed by atoms with E-state index in [0.717, 1.165) is 5.56 Å². The second kappa shape index (κ2) is 6.04. The Morgan fingerprint density at radius 1 is 1.24 bits per heavy atom. The summed E-state index contributed by atoms with van der Waals surface area (Å²) in [4.78, 5) is 22.6. The van der Waals surface area contributed by atoms with Crippen molar-refractivity contribution in [3.05, 3.63) is 69.3 Å². The number of nitrogens with one attached hydrogen (secondary N) is 1. The highest BCUT2D eigenvalue weighted by Gasteiger charge is 2.21. The molecule has 1 amide bonds. The quantitative estimate of drug-likeness (QED) is 0.667. The van der Waals surface area contributed by atoms with E-state index in [4.69, 9.17) is 0 Å². The molecule has 0 radical (unpaired) electrons. The van der Waals surface area contributed by atoms with E-state index in [1.165, 1.54) is 18.2 Å². The largest absolute Gasteiger partial charge is 0.508 e. The summed E-state index contributed by atoms with van der Waals surface area (Å²) in [5, 5.41) is 22.9. The molecule has 0 aliphatic heterocycles. The van der Waals surface area contributed by atoms with Gasteiger partial charge in [0.25, 0.3) is 11.6 Å². The van der Waals surface area contributed by atoms with Crippen molar-refractivity contribution >= 4 is 11.6 Å². The smallest absolute Gasteiger partial charge is 0.285 e. The van der Waals surface area contributed by atoms with E-state index in [-0.39, 0.29) is 23.5 Å². The number of nitro benzene ring substituents is 1. The molecule has 21 heavy (non-hydrogen) atoms. The molecule has 0 bridgehead atoms. The zero-order valence-corrected chi connectivity index (χ0v) is 11.4. The van der Waals surface area contributed by atoms with Gasteiger partial charge in [-0.15, -0.1) is 0 Å². The van der Waals surface area contributed by atoms with Crippen molar-refractivity contribution in [1.82, 2.24) is 5.32 Å². The Morgan fingerprint density at radius 2 is 1.90 bits per heavy atom. The molecule has 108 valence electrons. The summed E-state index contributed by atoms with van der Waals surface area (Å²) in [7, 11) is 0. The first-order valence-electron chi connectivity index (χ1n) is 6.29. The monoisotopic (exact) mass is 286 g/mol. The average molecular weight is 286 g/mol. The van der Waals surface area contributed by atoms with Crippen LogP contribution in [0, 0.1) is 17.0 Å². The molecule has 2 N–H and O–H groups in total. The predicted octanol–water partition coefficient (Wildman–Crippen LogP) is 2.54. The van der Waals surface area contributed by atoms with Crippen molar-refractivity contribution in [2.45, 2.75) is 13.5 Å². The van der Waals surface area contributed by atoms with Gasteiger partial charge in [-0.2, -0.15) is 0 Å². The number of hydrogen-bond donors (Lipinski definition) is 2. The van der Waals surface area contributed by atoms with Crippen LogP contribution in [-0.2, 0) is 6.54 Å². The van der Waals surface area contributed by atoms with Crippen LogP contribution < -0.4 is 5.32 Å². The summed E-state index contributed by atoms with van der Waals surface area (Å²) in [5.41, 5.74) is 1.09. The third-order valence-corrected chi connectivity index (χ3v) is 3.05. The number of carbonyl (C=O) groups excluding carboxylic acids is 1. The van der Waals surface area contributed by atoms with Gasteiger partial charge in [0.05, 0.1) is 4.92 Å². The zero-order chi connectivity index (χ0) is 15.4. The molecular weight excluding hydrogens is 272 g/mol. The minimum atomic E-state index is -0.551. The Balaban J connectivity index is 2.16. The minimum absolute atomic E-state index is 0.0405. The number of phenols is 1. The second-order valence-electron chi connectivity index (χ2n) is 4.58. The molecule has 0 saturated carbocycles. The lowest BCUT2D eigenvalue weighted by Crippen LogP contribution is -2.23. The standard InChI is InChI=1S/C15H14N2O4/c1-10-3-2-4-13(14(10)17(20)21)15(19)16-9-11-5-7-12(18)8-6-11/h2-8,18H,9H2,1H3,(H,16,19). The van der Waals surface area contributed by atoms with E-state index in [1.54, 1.807) is 31.2 Å². The van der Waals surface area contributed by atoms with Gasteiger partial charge in [-0.3, -0.25) is 14.9 Å². The lowest BCUT2D eigenvalue weighted by atomic mass is 10.1. The van der Waals surface area contributed by atoms with Crippen molar-refractivity contribution in [2.24, 2.45) is 0 Å². The van der Waals surface area contributed by atoms with Crippen molar-refractivity contribution in [3.63, 3.8) is 0 Å². The van der Waals surface area contributed by atoms with Gasteiger partial charge in [0.2, 0.25) is 0 Å². The fourth-order valence-electron chi connectivity index (χ4n) is 1.98. The Labute approximate surface area is 121 Å². The summed E-state index contributed by atoms with van der Waals surface area (Å²) >= 11 is 0. The van der Waals surface area contributed by atoms with E-state index in [9.17, 15) is 20.0 Å². The number of para-hydroxylation sites is 1. The molecule has 0 unspecified atom stereocenters. The first kappa shape index (κ1) is 14.5. The van der Waals surface area contributed by atoms with Crippen LogP contribution in [0.5, 0.6) is 5.75 Å². The van der Waals surface area contributed by atoms with Crippen LogP contribution in [0.3, 0.4) is 0 Å². The Kier molecular flexibility index (Phi) is 4.18. The van der Waals surface area contributed by atoms with Gasteiger partial charge in [-0.05, 0) is 30.7 Å². The molecule has 0 spiro atoms. The number of carbonyl (C=O) groups is 1. The third kappa shape index (κ3) is 3.36. The fourth-order valence-corrected chi connectivity index (χ4v) is 1.98. The summed E-state index contributed by atoms with van der Waals surface area (Å²) in [6.07, 6.45) is 0. The van der Waals surface area contributed by atoms with Crippen molar-refractivity contribution in [2.75, 3.05) is 0 Å². The molecule has 0 heterocycles. The second-order valence-corrected chi connectivity index (χ2v) is 4.58. The number of nitro groups is 1. The normalized spacial score (nSPS) is 10.1. The number of hydrogen-bond acceptors (Lipinski definition) is 4. The van der Waals surface area contributed by atoms with Gasteiger partial charge in [0.15, 0.2) is 0 Å². The maximum atomic E-state index is 12.1. The van der Waals surface area contributed by atoms with Gasteiger partial charge in [-0.1, -0.05) is 24.3 Å². The molecule has 0 aliphatic rings. The first-order chi connectivity index (χ1) is 9.99. The number of nitrogens with zero attached hydrogens (tertiary/aromatic N) is 1. The van der Waals surface area contributed by atoms with Crippen LogP contribution in [0.2, 0.25) is 0 Å². The number of phenolic OH excluding ortho intramolecular Hbond substituents is 1. The maximum absolute atomic E-state index is 12.1. The number of benzene rings is 2. The van der Waals surface area contributed by atoms with Crippen LogP contribution in [0.1, 0.15) is 21.5 Å². The highest BCUT2D eigenvalue weighted by Crippen LogP contribution is 2.23. The average Bonchev–Trinajstić information content (AvgIpc) is 2.45. The summed E-state index contributed by atoms with van der Waals surface area (Å²) in [5.74, 6) is -0.363. The lowest BCUT2D eigenvalue weighted by Gasteiger charge is -2.07. The summed E-state index contributed by atoms with van der Waals surface area (Å²) < 4.78 is 0. The highest BCUT2D eigenvalue weighted by atomic mass is 16.6. The number of aromatic hydroxyl groups is 1. The predicted molar refractivity (Wildman–Crippen MR) is 77.1 cm³/mol. The Bertz CT molecular complexity index is 681. The first-order valence-corrected chi connectivity index (χ1v) is 6.29. The third-order valence-electron chi connectivity index (χ3n) is 3.05. The Morgan fingerprint density at radius 3 is 2.52 bits per heavy atom. The minimum Gasteiger partial charge on any atom is -0.508 e. The Hall–Kier alpha value is -2.89. The van der Waals surface area contributed by atoms with Gasteiger partial charge in [0, 0.05) is 12.1 Å². The van der Waals surface area contributed by atoms with E-state index in [2.05, 4.69) is 5.32 Å². The maximum Gasteiger partial charge on any atom is 0.285 e. The van der Waals surface area contributed by atoms with Gasteiger partial charge in [-0.25, -0.2) is 0 Å². The van der Waals surface area contributed by atoms with Crippen molar-refractivity contribution in [3.8, 4) is 5.75 Å². The molecule has 0 atom stereocenters. The van der Waals surface area contributed by atoms with Crippen molar-refractivity contribution in [1.29, 1.82) is 0 Å². The summed E-state index contributed by atoms with van der Waals surface area (Å²) in [6, 6.07) is 11.0. The van der Waals surface area contributed by atoms with E-state index >= 15 is 0 Å². The molecule has 2 aromatic rings. The molecule has 0 saturated heterocycles. The van der Waals surface area contributed by atoms with Crippen molar-refractivity contribution < 1.29 is 14.8 Å². The van der Waals surface area contributed by atoms with Gasteiger partial charge >= 0.3 is 0 Å². The van der Waals surface area contributed by atoms with Crippen LogP contribution in [0.15, 0.2) is 42.5 Å². The van der Waals surface area contributed by atoms with Crippen LogP contribution in [0.25, 0.3) is 0 Å². The molecule has 2 aromatic carbocycles. The van der Waals surface area contributed by atoms with E-state index in [1.807, 2.05) is 0 Å². The van der Waals surface area contributed by atoms with Crippen LogP contribution in [-0.4, -0.2) is 15.9 Å². The molecule has 2 rings (SSSR count). The topological polar surface area (TPSA) is 92.5 Å². The van der Waals surface area contributed by atoms with E-state index in [0.29, 0.717) is 5.56 Å². The lowest BCUT2D eigenvalue weighted by molar-refractivity contribution is -0.385. The highest BCUT2D eigenvalue weighted by molar-refractivity contribution is 5.98. The van der Waals surface area contributed by atoms with E-state index < -0.39 is 10.8 Å². The molecule has 0 aliphatic carbocycles. The molecular formula is C15H14N2O4. The number of aryl methyl sites for hydroxylation is 1.